The van der Waals surface area contributed by atoms with Gasteiger partial charge in [0.25, 0.3) is 0 Å². The number of carbonyl (C=O) groups is 1. The lowest BCUT2D eigenvalue weighted by Crippen LogP contribution is -2.48. The number of likely N-dealkylation sites (tertiary alicyclic amines) is 1. The van der Waals surface area contributed by atoms with E-state index in [-0.39, 0.29) is 5.91 Å². The number of fused-ring (bicyclic) bond motifs is 3. The van der Waals surface area contributed by atoms with Gasteiger partial charge >= 0.3 is 0 Å². The molecule has 3 heterocycles. The highest BCUT2D eigenvalue weighted by atomic mass is 16.2. The zero-order chi connectivity index (χ0) is 13.7. The Kier molecular flexibility index (Phi) is 2.46. The minimum absolute atomic E-state index is 0.206. The third-order valence-electron chi connectivity index (χ3n) is 4.57. The summed E-state index contributed by atoms with van der Waals surface area (Å²) in [5, 5.41) is 1.17. The highest BCUT2D eigenvalue weighted by molar-refractivity contribution is 5.82. The molecule has 1 amide bonds. The van der Waals surface area contributed by atoms with Gasteiger partial charge in [-0.2, -0.15) is 0 Å². The fraction of sp³-hybridized carbons (Fsp3) is 0.375. The highest BCUT2D eigenvalue weighted by Gasteiger charge is 2.44. The second-order valence-corrected chi connectivity index (χ2v) is 5.75. The van der Waals surface area contributed by atoms with Crippen LogP contribution >= 0.6 is 0 Å². The van der Waals surface area contributed by atoms with Crippen LogP contribution in [0.5, 0.6) is 0 Å². The fourth-order valence-corrected chi connectivity index (χ4v) is 3.60. The summed E-state index contributed by atoms with van der Waals surface area (Å²) in [6, 6.07) is 11.4. The largest absolute Gasteiger partial charge is 0.365 e. The first-order valence-electron chi connectivity index (χ1n) is 7.11. The Hall–Kier alpha value is -2.10. The number of anilines is 1. The second kappa shape index (κ2) is 4.20. The zero-order valence-electron chi connectivity index (χ0n) is 11.5. The van der Waals surface area contributed by atoms with Crippen LogP contribution in [0.3, 0.4) is 0 Å². The van der Waals surface area contributed by atoms with Crippen molar-refractivity contribution in [2.45, 2.75) is 25.4 Å². The van der Waals surface area contributed by atoms with Crippen molar-refractivity contribution in [3.05, 3.63) is 36.5 Å². The summed E-state index contributed by atoms with van der Waals surface area (Å²) in [6.45, 7) is 3.48. The van der Waals surface area contributed by atoms with Gasteiger partial charge in [-0.3, -0.25) is 9.78 Å². The van der Waals surface area contributed by atoms with Gasteiger partial charge in [-0.05, 0) is 24.6 Å². The summed E-state index contributed by atoms with van der Waals surface area (Å²) in [5.74, 6) is 0.206. The van der Waals surface area contributed by atoms with Crippen molar-refractivity contribution in [3.8, 4) is 0 Å². The number of piperazine rings is 1. The predicted octanol–water partition coefficient (Wildman–Crippen LogP) is 2.04. The van der Waals surface area contributed by atoms with Gasteiger partial charge in [0.15, 0.2) is 0 Å². The van der Waals surface area contributed by atoms with Crippen molar-refractivity contribution in [2.24, 2.45) is 0 Å². The number of carbonyl (C=O) groups excluding carboxylic acids is 1. The topological polar surface area (TPSA) is 36.4 Å². The molecule has 0 aliphatic carbocycles. The van der Waals surface area contributed by atoms with Crippen molar-refractivity contribution in [3.63, 3.8) is 0 Å². The summed E-state index contributed by atoms with van der Waals surface area (Å²) < 4.78 is 0. The molecule has 4 nitrogen and oxygen atoms in total. The molecule has 2 unspecified atom stereocenters. The number of hydrogen-bond acceptors (Lipinski definition) is 3. The molecule has 2 aromatic rings. The van der Waals surface area contributed by atoms with Crippen molar-refractivity contribution in [2.75, 3.05) is 18.0 Å². The molecule has 2 aliphatic heterocycles. The van der Waals surface area contributed by atoms with Crippen LogP contribution in [0.25, 0.3) is 10.9 Å². The maximum absolute atomic E-state index is 11.6. The van der Waals surface area contributed by atoms with Crippen LogP contribution in [0.15, 0.2) is 36.5 Å². The van der Waals surface area contributed by atoms with E-state index in [1.165, 1.54) is 11.1 Å². The Morgan fingerprint density at radius 2 is 2.15 bits per heavy atom. The van der Waals surface area contributed by atoms with E-state index in [0.29, 0.717) is 12.1 Å². The van der Waals surface area contributed by atoms with Gasteiger partial charge in [0.2, 0.25) is 5.91 Å². The van der Waals surface area contributed by atoms with Crippen LogP contribution in [-0.2, 0) is 4.79 Å². The standard InChI is InChI=1S/C16H17N3O/c1-11(20)18-9-15-7-14(18)10-19(15)13-5-4-12-3-2-6-17-16(12)8-13/h2-6,8,14-15H,7,9-10H2,1H3. The number of pyridine rings is 1. The molecule has 2 fully saturated rings. The minimum Gasteiger partial charge on any atom is -0.365 e. The van der Waals surface area contributed by atoms with E-state index in [4.69, 9.17) is 0 Å². The summed E-state index contributed by atoms with van der Waals surface area (Å²) in [6.07, 6.45) is 2.93. The zero-order valence-corrected chi connectivity index (χ0v) is 11.5. The lowest BCUT2D eigenvalue weighted by Gasteiger charge is -2.35. The Morgan fingerprint density at radius 1 is 1.25 bits per heavy atom. The molecule has 2 bridgehead atoms. The number of benzene rings is 1. The number of hydrogen-bond donors (Lipinski definition) is 0. The van der Waals surface area contributed by atoms with Gasteiger partial charge in [0.1, 0.15) is 0 Å². The maximum Gasteiger partial charge on any atom is 0.219 e. The molecule has 0 radical (unpaired) electrons. The van der Waals surface area contributed by atoms with Crippen LogP contribution in [0.2, 0.25) is 0 Å². The maximum atomic E-state index is 11.6. The smallest absolute Gasteiger partial charge is 0.219 e. The summed E-state index contributed by atoms with van der Waals surface area (Å²) >= 11 is 0. The number of amides is 1. The lowest BCUT2D eigenvalue weighted by molar-refractivity contribution is -0.129. The molecule has 4 rings (SSSR count). The molecule has 1 aromatic heterocycles. The first-order chi connectivity index (χ1) is 9.72. The van der Waals surface area contributed by atoms with Gasteiger partial charge in [-0.1, -0.05) is 12.1 Å². The number of aromatic nitrogens is 1. The Balaban J connectivity index is 1.64. The Morgan fingerprint density at radius 3 is 2.90 bits per heavy atom. The fourth-order valence-electron chi connectivity index (χ4n) is 3.60. The van der Waals surface area contributed by atoms with Gasteiger partial charge in [0, 0.05) is 43.3 Å². The van der Waals surface area contributed by atoms with Crippen LogP contribution in [0.4, 0.5) is 5.69 Å². The predicted molar refractivity (Wildman–Crippen MR) is 78.7 cm³/mol. The molecule has 102 valence electrons. The molecule has 2 aliphatic rings. The van der Waals surface area contributed by atoms with Gasteiger partial charge in [0.05, 0.1) is 11.6 Å². The quantitative estimate of drug-likeness (QED) is 0.793. The normalized spacial score (nSPS) is 24.6. The average Bonchev–Trinajstić information content (AvgIpc) is 3.07. The first-order valence-corrected chi connectivity index (χ1v) is 7.11. The van der Waals surface area contributed by atoms with Crippen molar-refractivity contribution < 1.29 is 4.79 Å². The Labute approximate surface area is 118 Å². The highest BCUT2D eigenvalue weighted by Crippen LogP contribution is 2.35. The van der Waals surface area contributed by atoms with E-state index in [1.54, 1.807) is 6.92 Å². The van der Waals surface area contributed by atoms with Crippen LogP contribution in [0, 0.1) is 0 Å². The van der Waals surface area contributed by atoms with Crippen molar-refractivity contribution in [1.29, 1.82) is 0 Å². The molecule has 4 heteroatoms. The SMILES string of the molecule is CC(=O)N1CC2CC1CN2c1ccc2cccnc2c1. The van der Waals surface area contributed by atoms with E-state index >= 15 is 0 Å². The van der Waals surface area contributed by atoms with Crippen LogP contribution < -0.4 is 4.90 Å². The molecular formula is C16H17N3O. The van der Waals surface area contributed by atoms with E-state index in [0.717, 1.165) is 25.0 Å². The molecule has 0 saturated carbocycles. The number of rotatable bonds is 1. The monoisotopic (exact) mass is 267 g/mol. The molecular weight excluding hydrogens is 250 g/mol. The summed E-state index contributed by atoms with van der Waals surface area (Å²) in [5.41, 5.74) is 2.27. The van der Waals surface area contributed by atoms with Gasteiger partial charge in [-0.15, -0.1) is 0 Å². The third-order valence-corrected chi connectivity index (χ3v) is 4.57. The van der Waals surface area contributed by atoms with E-state index in [2.05, 4.69) is 34.1 Å². The summed E-state index contributed by atoms with van der Waals surface area (Å²) in [7, 11) is 0. The lowest BCUT2D eigenvalue weighted by atomic mass is 10.1. The van der Waals surface area contributed by atoms with Crippen LogP contribution in [-0.4, -0.2) is 41.0 Å². The van der Waals surface area contributed by atoms with E-state index < -0.39 is 0 Å². The molecule has 20 heavy (non-hydrogen) atoms. The number of nitrogens with zero attached hydrogens (tertiary/aromatic N) is 3. The molecule has 0 N–H and O–H groups in total. The Bertz CT molecular complexity index is 684. The minimum atomic E-state index is 0.206. The molecule has 2 saturated heterocycles. The van der Waals surface area contributed by atoms with Gasteiger partial charge in [-0.25, -0.2) is 0 Å². The average molecular weight is 267 g/mol. The van der Waals surface area contributed by atoms with E-state index in [1.807, 2.05) is 17.2 Å². The van der Waals surface area contributed by atoms with Crippen LogP contribution in [0.1, 0.15) is 13.3 Å². The first kappa shape index (κ1) is 11.7. The third kappa shape index (κ3) is 1.68. The second-order valence-electron chi connectivity index (χ2n) is 5.75. The summed E-state index contributed by atoms with van der Waals surface area (Å²) in [4.78, 5) is 20.4. The van der Waals surface area contributed by atoms with Crippen molar-refractivity contribution >= 4 is 22.5 Å². The molecule has 2 atom stereocenters. The van der Waals surface area contributed by atoms with Gasteiger partial charge < -0.3 is 9.80 Å². The van der Waals surface area contributed by atoms with E-state index in [9.17, 15) is 4.79 Å². The molecule has 1 aromatic carbocycles. The molecule has 0 spiro atoms. The van der Waals surface area contributed by atoms with Crippen molar-refractivity contribution in [1.82, 2.24) is 9.88 Å².